The molecule has 0 aliphatic rings. The van der Waals surface area contributed by atoms with Gasteiger partial charge in [-0.05, 0) is 66.3 Å². The molecule has 2 rings (SSSR count). The van der Waals surface area contributed by atoms with Crippen LogP contribution in [0.15, 0.2) is 40.9 Å². The molecule has 0 aliphatic heterocycles. The number of nitrogens with zero attached hydrogens (tertiary/aromatic N) is 1. The molecule has 0 aromatic heterocycles. The molecule has 28 heavy (non-hydrogen) atoms. The van der Waals surface area contributed by atoms with E-state index >= 15 is 0 Å². The standard InChI is InChI=1S/C21H26BrFN2O3/c1-5-10-28-20-17(22)11-15(12-19(20)27-4)21(26)24-13-18(25(2)3)14-6-8-16(23)9-7-14/h6-9,11-12,18H,5,10,13H2,1-4H3,(H,24,26). The van der Waals surface area contributed by atoms with E-state index in [1.165, 1.54) is 12.1 Å². The van der Waals surface area contributed by atoms with E-state index in [0.717, 1.165) is 12.0 Å². The third-order valence-corrected chi connectivity index (χ3v) is 4.87. The smallest absolute Gasteiger partial charge is 0.251 e. The maximum Gasteiger partial charge on any atom is 0.251 e. The van der Waals surface area contributed by atoms with Crippen LogP contribution in [0.5, 0.6) is 11.5 Å². The van der Waals surface area contributed by atoms with Crippen molar-refractivity contribution in [2.75, 3.05) is 34.4 Å². The minimum atomic E-state index is -0.285. The Morgan fingerprint density at radius 2 is 1.93 bits per heavy atom. The number of halogens is 2. The van der Waals surface area contributed by atoms with Gasteiger partial charge in [0.05, 0.1) is 24.2 Å². The third-order valence-electron chi connectivity index (χ3n) is 4.28. The monoisotopic (exact) mass is 452 g/mol. The lowest BCUT2D eigenvalue weighted by Gasteiger charge is -2.25. The zero-order valence-corrected chi connectivity index (χ0v) is 18.2. The summed E-state index contributed by atoms with van der Waals surface area (Å²) in [6, 6.07) is 9.59. The number of nitrogens with one attached hydrogen (secondary N) is 1. The molecule has 1 N–H and O–H groups in total. The van der Waals surface area contributed by atoms with E-state index in [-0.39, 0.29) is 17.8 Å². The van der Waals surface area contributed by atoms with Gasteiger partial charge >= 0.3 is 0 Å². The van der Waals surface area contributed by atoms with Crippen molar-refractivity contribution in [3.8, 4) is 11.5 Å². The summed E-state index contributed by atoms with van der Waals surface area (Å²) in [5.74, 6) is 0.566. The molecule has 2 aromatic rings. The Morgan fingerprint density at radius 1 is 1.25 bits per heavy atom. The third kappa shape index (κ3) is 5.69. The maximum absolute atomic E-state index is 13.2. The number of ether oxygens (including phenoxy) is 2. The van der Waals surface area contributed by atoms with Gasteiger partial charge in [0.15, 0.2) is 11.5 Å². The first kappa shape index (κ1) is 22.2. The lowest BCUT2D eigenvalue weighted by molar-refractivity contribution is 0.0941. The number of hydrogen-bond donors (Lipinski definition) is 1. The summed E-state index contributed by atoms with van der Waals surface area (Å²) in [5.41, 5.74) is 1.39. The average Bonchev–Trinajstić information content (AvgIpc) is 2.67. The van der Waals surface area contributed by atoms with Gasteiger partial charge in [-0.2, -0.15) is 0 Å². The molecule has 1 atom stereocenters. The molecule has 2 aromatic carbocycles. The predicted octanol–water partition coefficient (Wildman–Crippen LogP) is 4.42. The Morgan fingerprint density at radius 3 is 2.50 bits per heavy atom. The van der Waals surface area contributed by atoms with E-state index in [1.54, 1.807) is 31.4 Å². The van der Waals surface area contributed by atoms with Gasteiger partial charge in [-0.1, -0.05) is 19.1 Å². The van der Waals surface area contributed by atoms with Crippen molar-refractivity contribution in [2.45, 2.75) is 19.4 Å². The fourth-order valence-electron chi connectivity index (χ4n) is 2.77. The summed E-state index contributed by atoms with van der Waals surface area (Å²) >= 11 is 3.46. The van der Waals surface area contributed by atoms with Crippen LogP contribution in [-0.2, 0) is 0 Å². The van der Waals surface area contributed by atoms with Gasteiger partial charge in [0.25, 0.3) is 5.91 Å². The van der Waals surface area contributed by atoms with Crippen LogP contribution in [0.1, 0.15) is 35.3 Å². The summed E-state index contributed by atoms with van der Waals surface area (Å²) in [7, 11) is 5.37. The van der Waals surface area contributed by atoms with Crippen LogP contribution in [0.4, 0.5) is 4.39 Å². The summed E-state index contributed by atoms with van der Waals surface area (Å²) in [6.07, 6.45) is 0.868. The topological polar surface area (TPSA) is 50.8 Å². The first-order valence-electron chi connectivity index (χ1n) is 9.07. The van der Waals surface area contributed by atoms with Crippen LogP contribution in [0.2, 0.25) is 0 Å². The van der Waals surface area contributed by atoms with Gasteiger partial charge < -0.3 is 19.7 Å². The van der Waals surface area contributed by atoms with Crippen molar-refractivity contribution in [3.05, 3.63) is 57.8 Å². The van der Waals surface area contributed by atoms with E-state index in [0.29, 0.717) is 34.7 Å². The highest BCUT2D eigenvalue weighted by Gasteiger charge is 2.19. The van der Waals surface area contributed by atoms with Crippen LogP contribution in [-0.4, -0.2) is 45.2 Å². The molecule has 1 unspecified atom stereocenters. The Balaban J connectivity index is 2.14. The molecule has 0 fully saturated rings. The molecule has 0 aliphatic carbocycles. The Bertz CT molecular complexity index is 797. The van der Waals surface area contributed by atoms with E-state index in [4.69, 9.17) is 9.47 Å². The van der Waals surface area contributed by atoms with Crippen molar-refractivity contribution >= 4 is 21.8 Å². The summed E-state index contributed by atoms with van der Waals surface area (Å²) in [6.45, 7) is 2.96. The quantitative estimate of drug-likeness (QED) is 0.611. The molecule has 152 valence electrons. The van der Waals surface area contributed by atoms with Crippen LogP contribution in [0.3, 0.4) is 0 Å². The van der Waals surface area contributed by atoms with Crippen molar-refractivity contribution < 1.29 is 18.7 Å². The molecule has 7 heteroatoms. The van der Waals surface area contributed by atoms with Gasteiger partial charge in [0.1, 0.15) is 5.82 Å². The first-order chi connectivity index (χ1) is 13.4. The fraction of sp³-hybridized carbons (Fsp3) is 0.381. The highest BCUT2D eigenvalue weighted by Crippen LogP contribution is 2.36. The zero-order valence-electron chi connectivity index (χ0n) is 16.6. The van der Waals surface area contributed by atoms with Gasteiger partial charge in [0, 0.05) is 12.1 Å². The number of hydrogen-bond acceptors (Lipinski definition) is 4. The van der Waals surface area contributed by atoms with E-state index in [1.807, 2.05) is 25.9 Å². The second kappa shape index (κ2) is 10.4. The van der Waals surface area contributed by atoms with Crippen LogP contribution in [0, 0.1) is 5.82 Å². The Kier molecular flexibility index (Phi) is 8.26. The second-order valence-electron chi connectivity index (χ2n) is 6.58. The molecular weight excluding hydrogens is 427 g/mol. The number of benzene rings is 2. The molecule has 0 bridgehead atoms. The van der Waals surface area contributed by atoms with Gasteiger partial charge in [-0.15, -0.1) is 0 Å². The highest BCUT2D eigenvalue weighted by molar-refractivity contribution is 9.10. The lowest BCUT2D eigenvalue weighted by Crippen LogP contribution is -2.34. The highest BCUT2D eigenvalue weighted by atomic mass is 79.9. The minimum Gasteiger partial charge on any atom is -0.493 e. The Hall–Kier alpha value is -2.12. The SMILES string of the molecule is CCCOc1c(Br)cc(C(=O)NCC(c2ccc(F)cc2)N(C)C)cc1OC. The number of methoxy groups -OCH3 is 1. The zero-order chi connectivity index (χ0) is 20.7. The summed E-state index contributed by atoms with van der Waals surface area (Å²) < 4.78 is 24.9. The maximum atomic E-state index is 13.2. The fourth-order valence-corrected chi connectivity index (χ4v) is 3.33. The number of carbonyl (C=O) groups excluding carboxylic acids is 1. The van der Waals surface area contributed by atoms with Crippen molar-refractivity contribution in [2.24, 2.45) is 0 Å². The van der Waals surface area contributed by atoms with Crippen LogP contribution in [0.25, 0.3) is 0 Å². The molecule has 0 radical (unpaired) electrons. The second-order valence-corrected chi connectivity index (χ2v) is 7.43. The minimum absolute atomic E-state index is 0.0814. The number of carbonyl (C=O) groups is 1. The lowest BCUT2D eigenvalue weighted by atomic mass is 10.1. The molecule has 0 saturated carbocycles. The number of rotatable bonds is 9. The molecule has 5 nitrogen and oxygen atoms in total. The van der Waals surface area contributed by atoms with Gasteiger partial charge in [0.2, 0.25) is 0 Å². The molecule has 0 spiro atoms. The molecule has 1 amide bonds. The summed E-state index contributed by atoms with van der Waals surface area (Å²) in [4.78, 5) is 14.7. The largest absolute Gasteiger partial charge is 0.493 e. The van der Waals surface area contributed by atoms with Crippen LogP contribution >= 0.6 is 15.9 Å². The van der Waals surface area contributed by atoms with E-state index in [9.17, 15) is 9.18 Å². The predicted molar refractivity (Wildman–Crippen MR) is 112 cm³/mol. The van der Waals surface area contributed by atoms with Gasteiger partial charge in [-0.3, -0.25) is 4.79 Å². The van der Waals surface area contributed by atoms with Crippen molar-refractivity contribution in [3.63, 3.8) is 0 Å². The van der Waals surface area contributed by atoms with E-state index in [2.05, 4.69) is 21.2 Å². The van der Waals surface area contributed by atoms with Gasteiger partial charge in [-0.25, -0.2) is 4.39 Å². The number of likely N-dealkylation sites (N-methyl/N-ethyl adjacent to an activating group) is 1. The van der Waals surface area contributed by atoms with Crippen LogP contribution < -0.4 is 14.8 Å². The molecular formula is C21H26BrFN2O3. The van der Waals surface area contributed by atoms with Crippen molar-refractivity contribution in [1.29, 1.82) is 0 Å². The number of amides is 1. The Labute approximate surface area is 174 Å². The molecule has 0 heterocycles. The van der Waals surface area contributed by atoms with Crippen molar-refractivity contribution in [1.82, 2.24) is 10.2 Å². The molecule has 0 saturated heterocycles. The first-order valence-corrected chi connectivity index (χ1v) is 9.87. The average molecular weight is 453 g/mol. The van der Waals surface area contributed by atoms with E-state index < -0.39 is 0 Å². The normalized spacial score (nSPS) is 12.0. The summed E-state index contributed by atoms with van der Waals surface area (Å²) in [5, 5.41) is 2.94.